The van der Waals surface area contributed by atoms with E-state index in [2.05, 4.69) is 0 Å². The van der Waals surface area contributed by atoms with Gasteiger partial charge in [0.25, 0.3) is 0 Å². The van der Waals surface area contributed by atoms with E-state index in [-0.39, 0.29) is 24.3 Å². The number of sulfonamides is 1. The van der Waals surface area contributed by atoms with Crippen LogP contribution in [0.4, 0.5) is 0 Å². The number of rotatable bonds is 3. The molecule has 2 atom stereocenters. The molecule has 2 aromatic carbocycles. The van der Waals surface area contributed by atoms with E-state index in [4.69, 9.17) is 0 Å². The molecule has 0 radical (unpaired) electrons. The highest BCUT2D eigenvalue weighted by Crippen LogP contribution is 2.45. The SMILES string of the molecule is Cc1ccc(S(=O)(=O)N2CC3=C(c4ccccc4)C(=O)C[C@H]3[C@H]2C)cc1. The lowest BCUT2D eigenvalue weighted by Crippen LogP contribution is -2.36. The molecule has 1 fully saturated rings. The molecule has 134 valence electrons. The number of hydrogen-bond acceptors (Lipinski definition) is 3. The molecular formula is C21H21NO3S. The van der Waals surface area contributed by atoms with E-state index in [1.54, 1.807) is 16.4 Å². The zero-order valence-corrected chi connectivity index (χ0v) is 15.7. The number of carbonyl (C=O) groups is 1. The smallest absolute Gasteiger partial charge is 0.243 e. The Morgan fingerprint density at radius 2 is 1.65 bits per heavy atom. The lowest BCUT2D eigenvalue weighted by molar-refractivity contribution is -0.113. The van der Waals surface area contributed by atoms with Crippen LogP contribution in [0.15, 0.2) is 65.1 Å². The second-order valence-electron chi connectivity index (χ2n) is 7.10. The van der Waals surface area contributed by atoms with Crippen LogP contribution in [-0.4, -0.2) is 31.1 Å². The van der Waals surface area contributed by atoms with Gasteiger partial charge in [0.2, 0.25) is 10.0 Å². The Bertz CT molecular complexity index is 991. The minimum atomic E-state index is -3.58. The van der Waals surface area contributed by atoms with Crippen LogP contribution in [0, 0.1) is 12.8 Å². The van der Waals surface area contributed by atoms with Crippen molar-refractivity contribution in [3.63, 3.8) is 0 Å². The molecule has 2 aromatic rings. The number of Topliss-reactive ketones (excluding diaryl/α,β-unsaturated/α-hetero) is 1. The first kappa shape index (κ1) is 17.2. The summed E-state index contributed by atoms with van der Waals surface area (Å²) in [4.78, 5) is 12.9. The molecule has 1 saturated heterocycles. The predicted octanol–water partition coefficient (Wildman–Crippen LogP) is 3.43. The molecule has 0 amide bonds. The Labute approximate surface area is 154 Å². The minimum absolute atomic E-state index is 0.0297. The topological polar surface area (TPSA) is 54.5 Å². The Balaban J connectivity index is 1.75. The second kappa shape index (κ2) is 6.18. The number of nitrogens with zero attached hydrogens (tertiary/aromatic N) is 1. The van der Waals surface area contributed by atoms with Gasteiger partial charge < -0.3 is 0 Å². The largest absolute Gasteiger partial charge is 0.294 e. The van der Waals surface area contributed by atoms with E-state index in [9.17, 15) is 13.2 Å². The molecule has 5 heteroatoms. The average molecular weight is 367 g/mol. The summed E-state index contributed by atoms with van der Waals surface area (Å²) in [6, 6.07) is 16.3. The fourth-order valence-corrected chi connectivity index (χ4v) is 5.71. The van der Waals surface area contributed by atoms with Gasteiger partial charge in [-0.3, -0.25) is 4.79 Å². The van der Waals surface area contributed by atoms with Crippen LogP contribution in [-0.2, 0) is 14.8 Å². The van der Waals surface area contributed by atoms with Crippen LogP contribution < -0.4 is 0 Å². The second-order valence-corrected chi connectivity index (χ2v) is 8.99. The van der Waals surface area contributed by atoms with Crippen molar-refractivity contribution >= 4 is 21.4 Å². The molecule has 0 N–H and O–H groups in total. The molecule has 0 unspecified atom stereocenters. The Kier molecular flexibility index (Phi) is 4.09. The fourth-order valence-electron chi connectivity index (χ4n) is 4.06. The maximum atomic E-state index is 13.1. The Morgan fingerprint density at radius 3 is 2.31 bits per heavy atom. The van der Waals surface area contributed by atoms with Gasteiger partial charge in [0, 0.05) is 30.5 Å². The Morgan fingerprint density at radius 1 is 1.00 bits per heavy atom. The molecule has 1 aliphatic heterocycles. The van der Waals surface area contributed by atoms with Gasteiger partial charge in [-0.1, -0.05) is 48.0 Å². The number of allylic oxidation sites excluding steroid dienone is 1. The van der Waals surface area contributed by atoms with Crippen LogP contribution in [0.2, 0.25) is 0 Å². The fraction of sp³-hybridized carbons (Fsp3) is 0.286. The maximum absolute atomic E-state index is 13.1. The van der Waals surface area contributed by atoms with Gasteiger partial charge in [-0.25, -0.2) is 8.42 Å². The molecule has 4 nitrogen and oxygen atoms in total. The molecule has 4 rings (SSSR count). The van der Waals surface area contributed by atoms with Crippen LogP contribution in [0.1, 0.15) is 24.5 Å². The highest BCUT2D eigenvalue weighted by atomic mass is 32.2. The van der Waals surface area contributed by atoms with Gasteiger partial charge in [0.05, 0.1) is 4.90 Å². The number of ketones is 1. The average Bonchev–Trinajstić information content (AvgIpc) is 3.12. The van der Waals surface area contributed by atoms with Gasteiger partial charge in [-0.2, -0.15) is 4.31 Å². The van der Waals surface area contributed by atoms with Crippen molar-refractivity contribution in [2.45, 2.75) is 31.2 Å². The lowest BCUT2D eigenvalue weighted by atomic mass is 9.97. The number of benzene rings is 2. The molecule has 1 aliphatic carbocycles. The van der Waals surface area contributed by atoms with E-state index in [1.807, 2.05) is 56.3 Å². The van der Waals surface area contributed by atoms with Crippen molar-refractivity contribution in [1.82, 2.24) is 4.31 Å². The third-order valence-electron chi connectivity index (χ3n) is 5.51. The van der Waals surface area contributed by atoms with E-state index >= 15 is 0 Å². The summed E-state index contributed by atoms with van der Waals surface area (Å²) in [5.74, 6) is 0.0911. The molecule has 0 spiro atoms. The third-order valence-corrected chi connectivity index (χ3v) is 7.45. The highest BCUT2D eigenvalue weighted by molar-refractivity contribution is 7.89. The molecular weight excluding hydrogens is 346 g/mol. The summed E-state index contributed by atoms with van der Waals surface area (Å²) in [7, 11) is -3.58. The maximum Gasteiger partial charge on any atom is 0.243 e. The van der Waals surface area contributed by atoms with Crippen LogP contribution in [0.25, 0.3) is 5.57 Å². The summed E-state index contributed by atoms with van der Waals surface area (Å²) in [6.45, 7) is 4.13. The Hall–Kier alpha value is -2.24. The number of carbonyl (C=O) groups excluding carboxylic acids is 1. The van der Waals surface area contributed by atoms with Crippen molar-refractivity contribution in [2.24, 2.45) is 5.92 Å². The number of aryl methyl sites for hydroxylation is 1. The van der Waals surface area contributed by atoms with Gasteiger partial charge in [-0.15, -0.1) is 0 Å². The molecule has 1 heterocycles. The van der Waals surface area contributed by atoms with Crippen molar-refractivity contribution in [1.29, 1.82) is 0 Å². The minimum Gasteiger partial charge on any atom is -0.294 e. The van der Waals surface area contributed by atoms with E-state index < -0.39 is 10.0 Å². The lowest BCUT2D eigenvalue weighted by Gasteiger charge is -2.23. The summed E-state index contributed by atoms with van der Waals surface area (Å²) in [5, 5.41) is 0. The van der Waals surface area contributed by atoms with Crippen LogP contribution in [0.3, 0.4) is 0 Å². The summed E-state index contributed by atoms with van der Waals surface area (Å²) in [6.07, 6.45) is 0.390. The van der Waals surface area contributed by atoms with E-state index in [1.165, 1.54) is 0 Å². The summed E-state index contributed by atoms with van der Waals surface area (Å²) >= 11 is 0. The van der Waals surface area contributed by atoms with Gasteiger partial charge in [0.15, 0.2) is 5.78 Å². The van der Waals surface area contributed by atoms with Gasteiger partial charge in [-0.05, 0) is 37.1 Å². The molecule has 2 aliphatic rings. The zero-order chi connectivity index (χ0) is 18.5. The van der Waals surface area contributed by atoms with Crippen LogP contribution >= 0.6 is 0 Å². The van der Waals surface area contributed by atoms with E-state index in [0.717, 1.165) is 16.7 Å². The predicted molar refractivity (Wildman–Crippen MR) is 101 cm³/mol. The quantitative estimate of drug-likeness (QED) is 0.835. The van der Waals surface area contributed by atoms with Gasteiger partial charge in [0.1, 0.15) is 0 Å². The first-order valence-corrected chi connectivity index (χ1v) is 10.2. The number of hydrogen-bond donors (Lipinski definition) is 0. The molecule has 0 bridgehead atoms. The molecule has 0 aromatic heterocycles. The van der Waals surface area contributed by atoms with Crippen molar-refractivity contribution in [3.8, 4) is 0 Å². The van der Waals surface area contributed by atoms with Gasteiger partial charge >= 0.3 is 0 Å². The third kappa shape index (κ3) is 2.63. The van der Waals surface area contributed by atoms with Crippen molar-refractivity contribution in [3.05, 3.63) is 71.3 Å². The highest BCUT2D eigenvalue weighted by Gasteiger charge is 2.47. The van der Waals surface area contributed by atoms with E-state index in [0.29, 0.717) is 16.9 Å². The first-order chi connectivity index (χ1) is 12.4. The zero-order valence-electron chi connectivity index (χ0n) is 14.8. The van der Waals surface area contributed by atoms with Crippen molar-refractivity contribution in [2.75, 3.05) is 6.54 Å². The summed E-state index contributed by atoms with van der Waals surface area (Å²) in [5.41, 5.74) is 3.58. The van der Waals surface area contributed by atoms with Crippen molar-refractivity contribution < 1.29 is 13.2 Å². The first-order valence-electron chi connectivity index (χ1n) is 8.80. The molecule has 0 saturated carbocycles. The standard InChI is InChI=1S/C21H21NO3S/c1-14-8-10-17(11-9-14)26(24,25)22-13-19-18(15(22)2)12-20(23)21(19)16-6-4-3-5-7-16/h3-11,15,18H,12-13H2,1-2H3/t15-,18+/m1/s1. The summed E-state index contributed by atoms with van der Waals surface area (Å²) < 4.78 is 27.8. The molecule has 26 heavy (non-hydrogen) atoms. The normalized spacial score (nSPS) is 23.5. The monoisotopic (exact) mass is 367 g/mol. The van der Waals surface area contributed by atoms with Crippen LogP contribution in [0.5, 0.6) is 0 Å². The number of fused-ring (bicyclic) bond motifs is 1.